The predicted molar refractivity (Wildman–Crippen MR) is 106 cm³/mol. The van der Waals surface area contributed by atoms with Gasteiger partial charge in [0.2, 0.25) is 6.10 Å². The molecule has 0 saturated heterocycles. The number of aromatic nitrogens is 1. The number of carbonyl (C=O) groups excluding carboxylic acids is 1. The molecule has 2 N–H and O–H groups in total. The summed E-state index contributed by atoms with van der Waals surface area (Å²) in [5, 5.41) is 3.18. The van der Waals surface area contributed by atoms with Crippen LogP contribution >= 0.6 is 0 Å². The van der Waals surface area contributed by atoms with Crippen LogP contribution in [0.1, 0.15) is 55.2 Å². The van der Waals surface area contributed by atoms with Crippen LogP contribution in [0.15, 0.2) is 40.9 Å². The zero-order valence-electron chi connectivity index (χ0n) is 16.8. The first-order chi connectivity index (χ1) is 14.3. The maximum atomic E-state index is 13.4. The van der Waals surface area contributed by atoms with Crippen LogP contribution in [0.5, 0.6) is 5.75 Å². The zero-order chi connectivity index (χ0) is 21.9. The molecule has 1 aromatic heterocycles. The second-order valence-corrected chi connectivity index (χ2v) is 7.06. The number of aryl methyl sites for hydroxylation is 2. The lowest BCUT2D eigenvalue weighted by Crippen LogP contribution is -2.26. The summed E-state index contributed by atoms with van der Waals surface area (Å²) in [6, 6.07) is 10.1. The Balaban J connectivity index is 2.22. The van der Waals surface area contributed by atoms with Crippen molar-refractivity contribution in [1.29, 1.82) is 0 Å². The molecule has 1 unspecified atom stereocenters. The van der Waals surface area contributed by atoms with Gasteiger partial charge < -0.3 is 15.0 Å². The monoisotopic (exact) mass is 420 g/mol. The van der Waals surface area contributed by atoms with Crippen molar-refractivity contribution in [2.45, 2.75) is 51.8 Å². The van der Waals surface area contributed by atoms with E-state index in [0.717, 1.165) is 0 Å². The van der Waals surface area contributed by atoms with Crippen LogP contribution in [-0.4, -0.2) is 11.1 Å². The summed E-state index contributed by atoms with van der Waals surface area (Å²) < 4.78 is 51.4. The topological polar surface area (TPSA) is 78.3 Å². The molecular weight excluding hydrogens is 397 g/mol. The molecule has 0 saturated carbocycles. The number of hydrogen-bond donors (Lipinski definition) is 1. The van der Waals surface area contributed by atoms with E-state index in [4.69, 9.17) is 15.0 Å². The molecule has 1 heterocycles. The van der Waals surface area contributed by atoms with Gasteiger partial charge in [-0.3, -0.25) is 4.79 Å². The highest BCUT2D eigenvalue weighted by molar-refractivity contribution is 5.87. The number of nitrogens with zero attached hydrogens (tertiary/aromatic N) is 1. The van der Waals surface area contributed by atoms with E-state index in [-0.39, 0.29) is 11.0 Å². The summed E-state index contributed by atoms with van der Waals surface area (Å²) in [4.78, 5) is 12.2. The first-order valence-electron chi connectivity index (χ1n) is 9.80. The molecule has 2 aromatic carbocycles. The third-order valence-electron chi connectivity index (χ3n) is 4.77. The van der Waals surface area contributed by atoms with Gasteiger partial charge in [-0.25, -0.2) is 0 Å². The van der Waals surface area contributed by atoms with Gasteiger partial charge in [0.15, 0.2) is 11.3 Å². The quantitative estimate of drug-likeness (QED) is 0.532. The first-order valence-corrected chi connectivity index (χ1v) is 9.80. The van der Waals surface area contributed by atoms with Crippen molar-refractivity contribution < 1.29 is 27.2 Å². The Morgan fingerprint density at radius 2 is 1.83 bits per heavy atom. The molecule has 1 atom stereocenters. The van der Waals surface area contributed by atoms with Crippen LogP contribution in [-0.2, 0) is 23.8 Å². The van der Waals surface area contributed by atoms with Gasteiger partial charge in [-0.05, 0) is 24.5 Å². The fourth-order valence-corrected chi connectivity index (χ4v) is 3.50. The number of benzene rings is 2. The second kappa shape index (κ2) is 8.77. The molecule has 3 rings (SSSR count). The van der Waals surface area contributed by atoms with E-state index in [1.165, 1.54) is 6.07 Å². The number of fused-ring (bicyclic) bond motifs is 1. The Kier molecular flexibility index (Phi) is 6.34. The Labute approximate surface area is 172 Å². The minimum absolute atomic E-state index is 0.0234. The van der Waals surface area contributed by atoms with Crippen molar-refractivity contribution in [3.63, 3.8) is 0 Å². The lowest BCUT2D eigenvalue weighted by molar-refractivity contribution is -0.141. The molecule has 5 nitrogen and oxygen atoms in total. The molecule has 160 valence electrons. The van der Waals surface area contributed by atoms with E-state index < -0.39 is 23.9 Å². The number of primary amides is 1. The Bertz CT molecular complexity index is 1030. The minimum Gasteiger partial charge on any atom is -0.475 e. The van der Waals surface area contributed by atoms with Gasteiger partial charge in [0.25, 0.3) is 5.91 Å². The highest BCUT2D eigenvalue weighted by Gasteiger charge is 2.38. The Hall–Kier alpha value is -3.03. The van der Waals surface area contributed by atoms with E-state index in [1.807, 2.05) is 13.8 Å². The third-order valence-corrected chi connectivity index (χ3v) is 4.77. The van der Waals surface area contributed by atoms with Gasteiger partial charge >= 0.3 is 6.18 Å². The molecule has 0 aliphatic carbocycles. The molecule has 0 aliphatic rings. The van der Waals surface area contributed by atoms with Crippen molar-refractivity contribution in [3.8, 4) is 5.75 Å². The molecule has 0 radical (unpaired) electrons. The smallest absolute Gasteiger partial charge is 0.437 e. The second-order valence-electron chi connectivity index (χ2n) is 7.06. The van der Waals surface area contributed by atoms with Gasteiger partial charge in [-0.2, -0.15) is 13.2 Å². The number of alkyl halides is 3. The number of carbonyl (C=O) groups is 1. The summed E-state index contributed by atoms with van der Waals surface area (Å²) >= 11 is 0. The van der Waals surface area contributed by atoms with E-state index >= 15 is 0 Å². The number of ether oxygens (including phenoxy) is 1. The summed E-state index contributed by atoms with van der Waals surface area (Å²) in [6.07, 6.45) is -3.55. The van der Waals surface area contributed by atoms with E-state index in [0.29, 0.717) is 48.1 Å². The minimum atomic E-state index is -4.64. The van der Waals surface area contributed by atoms with E-state index in [1.54, 1.807) is 30.3 Å². The summed E-state index contributed by atoms with van der Waals surface area (Å²) in [7, 11) is 0. The van der Waals surface area contributed by atoms with Gasteiger partial charge in [0.05, 0.1) is 5.39 Å². The average Bonchev–Trinajstić information content (AvgIpc) is 3.12. The molecule has 0 spiro atoms. The first kappa shape index (κ1) is 21.7. The van der Waals surface area contributed by atoms with Crippen LogP contribution in [0.4, 0.5) is 13.2 Å². The average molecular weight is 420 g/mol. The van der Waals surface area contributed by atoms with Crippen LogP contribution in [0, 0.1) is 0 Å². The van der Waals surface area contributed by atoms with Crippen LogP contribution in [0.2, 0.25) is 0 Å². The number of hydrogen-bond acceptors (Lipinski definition) is 4. The van der Waals surface area contributed by atoms with Gasteiger partial charge in [-0.1, -0.05) is 62.2 Å². The highest BCUT2D eigenvalue weighted by atomic mass is 19.4. The normalized spacial score (nSPS) is 12.8. The third kappa shape index (κ3) is 4.27. The van der Waals surface area contributed by atoms with Crippen molar-refractivity contribution in [1.82, 2.24) is 5.16 Å². The van der Waals surface area contributed by atoms with E-state index in [2.05, 4.69) is 5.16 Å². The zero-order valence-corrected chi connectivity index (χ0v) is 16.8. The van der Waals surface area contributed by atoms with Gasteiger partial charge in [0, 0.05) is 11.1 Å². The molecule has 8 heteroatoms. The van der Waals surface area contributed by atoms with Crippen LogP contribution < -0.4 is 10.5 Å². The van der Waals surface area contributed by atoms with E-state index in [9.17, 15) is 18.0 Å². The number of amides is 1. The lowest BCUT2D eigenvalue weighted by atomic mass is 9.97. The standard InChI is InChI=1S/C22H23F3N2O3/c1-3-8-14-12-16-19(30-27-20(16)22(23,24)25)15(9-4-2)17(14)29-18(21(26)28)13-10-6-5-7-11-13/h5-7,10-12,18H,3-4,8-9H2,1-2H3,(H2,26,28). The fraction of sp³-hybridized carbons (Fsp3) is 0.364. The van der Waals surface area contributed by atoms with Gasteiger partial charge in [0.1, 0.15) is 5.75 Å². The molecule has 0 aliphatic heterocycles. The summed E-state index contributed by atoms with van der Waals surface area (Å²) in [5.74, 6) is -0.358. The summed E-state index contributed by atoms with van der Waals surface area (Å²) in [6.45, 7) is 3.81. The maximum absolute atomic E-state index is 13.4. The Morgan fingerprint density at radius 1 is 1.17 bits per heavy atom. The molecular formula is C22H23F3N2O3. The lowest BCUT2D eigenvalue weighted by Gasteiger charge is -2.22. The molecule has 0 fully saturated rings. The van der Waals surface area contributed by atoms with Crippen molar-refractivity contribution >= 4 is 16.9 Å². The number of rotatable bonds is 8. The largest absolute Gasteiger partial charge is 0.475 e. The molecule has 0 bridgehead atoms. The molecule has 1 amide bonds. The van der Waals surface area contributed by atoms with Crippen molar-refractivity contribution in [2.24, 2.45) is 5.73 Å². The van der Waals surface area contributed by atoms with Crippen molar-refractivity contribution in [3.05, 3.63) is 58.8 Å². The van der Waals surface area contributed by atoms with Gasteiger partial charge in [-0.15, -0.1) is 0 Å². The fourth-order valence-electron chi connectivity index (χ4n) is 3.50. The number of nitrogens with two attached hydrogens (primary N) is 1. The van der Waals surface area contributed by atoms with Crippen molar-refractivity contribution in [2.75, 3.05) is 0 Å². The van der Waals surface area contributed by atoms with Crippen LogP contribution in [0.3, 0.4) is 0 Å². The highest BCUT2D eigenvalue weighted by Crippen LogP contribution is 2.41. The maximum Gasteiger partial charge on any atom is 0.437 e. The number of halogens is 3. The summed E-state index contributed by atoms with van der Waals surface area (Å²) in [5.41, 5.74) is 6.13. The molecule has 3 aromatic rings. The van der Waals surface area contributed by atoms with Crippen LogP contribution in [0.25, 0.3) is 11.0 Å². The Morgan fingerprint density at radius 3 is 2.40 bits per heavy atom. The SMILES string of the molecule is CCCc1cc2c(C(F)(F)F)noc2c(CCC)c1OC(C(N)=O)c1ccccc1. The molecule has 30 heavy (non-hydrogen) atoms. The predicted octanol–water partition coefficient (Wildman–Crippen LogP) is 5.36.